The maximum atomic E-state index is 12.3. The number of rotatable bonds is 8. The maximum Gasteiger partial charge on any atom is 0.248 e. The van der Waals surface area contributed by atoms with Crippen molar-refractivity contribution in [1.29, 1.82) is 0 Å². The standard InChI is InChI=1S/C25H25N3O2S2/c1-3-4-5-6-7-16-31-25-28-22-14-13-21(17-23(22)32-25)27-24(30)15-10-19-8-11-20(12-9-19)26-18(2)29/h8-15,17H,3-4,7,16H2,1-2H3,(H,26,29)(H,27,30). The highest BCUT2D eigenvalue weighted by Gasteiger charge is 2.06. The van der Waals surface area contributed by atoms with Crippen LogP contribution in [0.2, 0.25) is 0 Å². The fourth-order valence-corrected chi connectivity index (χ4v) is 4.80. The molecule has 0 spiro atoms. The summed E-state index contributed by atoms with van der Waals surface area (Å²) in [6, 6.07) is 13.0. The van der Waals surface area contributed by atoms with Crippen molar-refractivity contribution in [2.24, 2.45) is 0 Å². The molecular weight excluding hydrogens is 438 g/mol. The quantitative estimate of drug-likeness (QED) is 0.181. The highest BCUT2D eigenvalue weighted by atomic mass is 32.2. The van der Waals surface area contributed by atoms with Crippen LogP contribution in [0.1, 0.15) is 38.7 Å². The van der Waals surface area contributed by atoms with Crippen molar-refractivity contribution in [3.05, 3.63) is 54.1 Å². The topological polar surface area (TPSA) is 71.1 Å². The molecule has 0 fully saturated rings. The summed E-state index contributed by atoms with van der Waals surface area (Å²) in [7, 11) is 0. The van der Waals surface area contributed by atoms with Gasteiger partial charge in [0.2, 0.25) is 11.8 Å². The largest absolute Gasteiger partial charge is 0.326 e. The Bertz CT molecular complexity index is 1170. The van der Waals surface area contributed by atoms with E-state index in [0.717, 1.165) is 56.5 Å². The lowest BCUT2D eigenvalue weighted by atomic mass is 10.2. The number of nitrogens with zero attached hydrogens (tertiary/aromatic N) is 1. The Kier molecular flexibility index (Phi) is 8.90. The van der Waals surface area contributed by atoms with Gasteiger partial charge >= 0.3 is 0 Å². The van der Waals surface area contributed by atoms with Crippen LogP contribution in [0.4, 0.5) is 11.4 Å². The number of fused-ring (bicyclic) bond motifs is 1. The van der Waals surface area contributed by atoms with E-state index in [1.165, 1.54) is 13.0 Å². The number of thiazole rings is 1. The molecule has 1 aromatic heterocycles. The van der Waals surface area contributed by atoms with Crippen LogP contribution in [0.5, 0.6) is 0 Å². The number of carbonyl (C=O) groups is 2. The van der Waals surface area contributed by atoms with Crippen LogP contribution in [0, 0.1) is 11.8 Å². The third kappa shape index (κ3) is 7.56. The minimum Gasteiger partial charge on any atom is -0.326 e. The first kappa shape index (κ1) is 23.6. The second-order valence-electron chi connectivity index (χ2n) is 6.99. The number of aromatic nitrogens is 1. The third-order valence-corrected chi connectivity index (χ3v) is 6.41. The monoisotopic (exact) mass is 463 g/mol. The summed E-state index contributed by atoms with van der Waals surface area (Å²) in [5.74, 6) is 6.95. The molecule has 32 heavy (non-hydrogen) atoms. The molecule has 0 atom stereocenters. The molecule has 0 aliphatic heterocycles. The second kappa shape index (κ2) is 12.1. The van der Waals surface area contributed by atoms with Crippen LogP contribution < -0.4 is 10.6 Å². The Hall–Kier alpha value is -3.08. The molecule has 0 saturated heterocycles. The van der Waals surface area contributed by atoms with Gasteiger partial charge in [-0.25, -0.2) is 4.98 Å². The summed E-state index contributed by atoms with van der Waals surface area (Å²) in [5, 5.41) is 5.61. The fraction of sp³-hybridized carbons (Fsp3) is 0.240. The van der Waals surface area contributed by atoms with Gasteiger partial charge in [0.15, 0.2) is 4.34 Å². The zero-order valence-electron chi connectivity index (χ0n) is 18.1. The molecule has 164 valence electrons. The molecule has 2 amide bonds. The summed E-state index contributed by atoms with van der Waals surface area (Å²) in [6.07, 6.45) is 6.14. The van der Waals surface area contributed by atoms with Gasteiger partial charge in [-0.15, -0.1) is 23.2 Å². The third-order valence-electron chi connectivity index (χ3n) is 4.25. The summed E-state index contributed by atoms with van der Waals surface area (Å²) in [6.45, 7) is 3.60. The Morgan fingerprint density at radius 2 is 1.81 bits per heavy atom. The Labute approximate surface area is 196 Å². The number of hydrogen-bond acceptors (Lipinski definition) is 5. The molecule has 2 N–H and O–H groups in total. The van der Waals surface area contributed by atoms with Gasteiger partial charge in [0.25, 0.3) is 0 Å². The van der Waals surface area contributed by atoms with Gasteiger partial charge in [-0.05, 0) is 48.4 Å². The number of nitrogens with one attached hydrogen (secondary N) is 2. The summed E-state index contributed by atoms with van der Waals surface area (Å²) >= 11 is 3.34. The van der Waals surface area contributed by atoms with E-state index in [-0.39, 0.29) is 11.8 Å². The van der Waals surface area contributed by atoms with Gasteiger partial charge in [0.1, 0.15) is 0 Å². The molecule has 0 saturated carbocycles. The number of benzene rings is 2. The Morgan fingerprint density at radius 1 is 1.06 bits per heavy atom. The van der Waals surface area contributed by atoms with E-state index < -0.39 is 0 Å². The average Bonchev–Trinajstić information content (AvgIpc) is 3.17. The summed E-state index contributed by atoms with van der Waals surface area (Å²) in [4.78, 5) is 28.0. The first-order chi connectivity index (χ1) is 15.5. The van der Waals surface area contributed by atoms with E-state index >= 15 is 0 Å². The number of anilines is 2. The van der Waals surface area contributed by atoms with Crippen LogP contribution in [-0.2, 0) is 9.59 Å². The molecule has 0 aliphatic carbocycles. The van der Waals surface area contributed by atoms with E-state index in [1.807, 2.05) is 30.3 Å². The van der Waals surface area contributed by atoms with Gasteiger partial charge in [-0.2, -0.15) is 0 Å². The zero-order chi connectivity index (χ0) is 22.8. The highest BCUT2D eigenvalue weighted by Crippen LogP contribution is 2.31. The van der Waals surface area contributed by atoms with Gasteiger partial charge < -0.3 is 10.6 Å². The van der Waals surface area contributed by atoms with Crippen molar-refractivity contribution in [2.45, 2.75) is 37.4 Å². The molecule has 7 heteroatoms. The predicted octanol–water partition coefficient (Wildman–Crippen LogP) is 6.19. The Morgan fingerprint density at radius 3 is 2.56 bits per heavy atom. The minimum absolute atomic E-state index is 0.118. The van der Waals surface area contributed by atoms with E-state index in [0.29, 0.717) is 0 Å². The fourth-order valence-electron chi connectivity index (χ4n) is 2.77. The first-order valence-corrected chi connectivity index (χ1v) is 12.2. The zero-order valence-corrected chi connectivity index (χ0v) is 19.7. The number of carbonyl (C=O) groups excluding carboxylic acids is 2. The molecule has 1 heterocycles. The molecule has 0 bridgehead atoms. The molecular formula is C25H25N3O2S2. The van der Waals surface area contributed by atoms with Crippen LogP contribution in [0.15, 0.2) is 52.9 Å². The summed E-state index contributed by atoms with van der Waals surface area (Å²) < 4.78 is 2.06. The van der Waals surface area contributed by atoms with Crippen LogP contribution >= 0.6 is 23.1 Å². The number of unbranched alkanes of at least 4 members (excludes halogenated alkanes) is 1. The van der Waals surface area contributed by atoms with E-state index in [2.05, 4.69) is 34.4 Å². The van der Waals surface area contributed by atoms with Crippen molar-refractivity contribution in [3.8, 4) is 11.8 Å². The molecule has 0 unspecified atom stereocenters. The number of thioether (sulfide) groups is 1. The molecule has 0 aliphatic rings. The minimum atomic E-state index is -0.208. The van der Waals surface area contributed by atoms with E-state index in [4.69, 9.17) is 0 Å². The van der Waals surface area contributed by atoms with Crippen LogP contribution in [-0.4, -0.2) is 22.6 Å². The average molecular weight is 464 g/mol. The van der Waals surface area contributed by atoms with Crippen molar-refractivity contribution in [1.82, 2.24) is 4.98 Å². The first-order valence-electron chi connectivity index (χ1n) is 10.4. The van der Waals surface area contributed by atoms with Crippen molar-refractivity contribution >= 4 is 62.6 Å². The maximum absolute atomic E-state index is 12.3. The highest BCUT2D eigenvalue weighted by molar-refractivity contribution is 8.01. The molecule has 3 rings (SSSR count). The predicted molar refractivity (Wildman–Crippen MR) is 136 cm³/mol. The second-order valence-corrected chi connectivity index (χ2v) is 9.36. The lowest BCUT2D eigenvalue weighted by Crippen LogP contribution is -2.07. The Balaban J connectivity index is 1.55. The van der Waals surface area contributed by atoms with Gasteiger partial charge in [0.05, 0.1) is 10.2 Å². The number of amides is 2. The number of hydrogen-bond donors (Lipinski definition) is 2. The SMILES string of the molecule is CCCC#CCCSc1nc2ccc(NC(=O)C=Cc3ccc(NC(C)=O)cc3)cc2s1. The van der Waals surface area contributed by atoms with Crippen LogP contribution in [0.25, 0.3) is 16.3 Å². The summed E-state index contributed by atoms with van der Waals surface area (Å²) in [5.41, 5.74) is 3.26. The lowest BCUT2D eigenvalue weighted by Gasteiger charge is -2.03. The molecule has 5 nitrogen and oxygen atoms in total. The van der Waals surface area contributed by atoms with E-state index in [9.17, 15) is 9.59 Å². The van der Waals surface area contributed by atoms with Crippen molar-refractivity contribution < 1.29 is 9.59 Å². The molecule has 2 aromatic carbocycles. The van der Waals surface area contributed by atoms with Gasteiger partial charge in [-0.1, -0.05) is 30.8 Å². The van der Waals surface area contributed by atoms with Crippen molar-refractivity contribution in [3.63, 3.8) is 0 Å². The molecule has 0 radical (unpaired) electrons. The van der Waals surface area contributed by atoms with Crippen LogP contribution in [0.3, 0.4) is 0 Å². The normalized spacial score (nSPS) is 10.7. The van der Waals surface area contributed by atoms with Crippen molar-refractivity contribution in [2.75, 3.05) is 16.4 Å². The van der Waals surface area contributed by atoms with Gasteiger partial charge in [0, 0.05) is 43.0 Å². The smallest absolute Gasteiger partial charge is 0.248 e. The molecule has 3 aromatic rings. The van der Waals surface area contributed by atoms with Gasteiger partial charge in [-0.3, -0.25) is 9.59 Å². The lowest BCUT2D eigenvalue weighted by molar-refractivity contribution is -0.114. The van der Waals surface area contributed by atoms with E-state index in [1.54, 1.807) is 41.3 Å².